The Morgan fingerprint density at radius 3 is 2.35 bits per heavy atom. The lowest BCUT2D eigenvalue weighted by molar-refractivity contribution is -0.178. The number of nitrogens with zero attached hydrogens (tertiary/aromatic N) is 1. The van der Waals surface area contributed by atoms with E-state index in [1.54, 1.807) is 24.3 Å². The van der Waals surface area contributed by atoms with Gasteiger partial charge in [-0.1, -0.05) is 44.5 Å². The minimum Gasteiger partial charge on any atom is -0.286 e. The number of hydrogen-bond acceptors (Lipinski definition) is 2. The second-order valence-corrected chi connectivity index (χ2v) is 5.16. The first-order valence-electron chi connectivity index (χ1n) is 5.62. The molecule has 0 saturated heterocycles. The van der Waals surface area contributed by atoms with Gasteiger partial charge < -0.3 is 0 Å². The van der Waals surface area contributed by atoms with Gasteiger partial charge in [-0.25, -0.2) is 5.06 Å². The molecule has 1 amide bonds. The summed E-state index contributed by atoms with van der Waals surface area (Å²) >= 11 is 5.76. The van der Waals surface area contributed by atoms with Crippen molar-refractivity contribution in [2.45, 2.75) is 33.7 Å². The molecule has 0 saturated carbocycles. The fourth-order valence-electron chi connectivity index (χ4n) is 1.34. The number of benzene rings is 1. The van der Waals surface area contributed by atoms with Crippen LogP contribution in [0.1, 0.15) is 32.8 Å². The molecule has 94 valence electrons. The number of amides is 1. The summed E-state index contributed by atoms with van der Waals surface area (Å²) in [4.78, 5) is 11.9. The molecule has 0 radical (unpaired) electrons. The maximum atomic E-state index is 11.9. The molecule has 1 aromatic carbocycles. The van der Waals surface area contributed by atoms with Crippen molar-refractivity contribution < 1.29 is 10.0 Å². The maximum Gasteiger partial charge on any atom is 0.251 e. The van der Waals surface area contributed by atoms with Gasteiger partial charge in [-0.2, -0.15) is 0 Å². The van der Waals surface area contributed by atoms with Crippen LogP contribution >= 0.6 is 11.6 Å². The summed E-state index contributed by atoms with van der Waals surface area (Å²) < 4.78 is 0. The molecule has 3 nitrogen and oxygen atoms in total. The SMILES string of the molecule is CCC(C)(C)C(=O)N(O)Cc1ccc(Cl)cc1. The first-order valence-corrected chi connectivity index (χ1v) is 6.00. The standard InChI is InChI=1S/C13H18ClNO2/c1-4-13(2,3)12(16)15(17)9-10-5-7-11(14)8-6-10/h5-8,17H,4,9H2,1-3H3. The fraction of sp³-hybridized carbons (Fsp3) is 0.462. The van der Waals surface area contributed by atoms with Gasteiger partial charge in [0.2, 0.25) is 0 Å². The predicted octanol–water partition coefficient (Wildman–Crippen LogP) is 3.49. The van der Waals surface area contributed by atoms with E-state index >= 15 is 0 Å². The van der Waals surface area contributed by atoms with Gasteiger partial charge in [-0.15, -0.1) is 0 Å². The van der Waals surface area contributed by atoms with E-state index in [2.05, 4.69) is 0 Å². The van der Waals surface area contributed by atoms with Gasteiger partial charge >= 0.3 is 0 Å². The van der Waals surface area contributed by atoms with Crippen LogP contribution in [0.4, 0.5) is 0 Å². The highest BCUT2D eigenvalue weighted by atomic mass is 35.5. The maximum absolute atomic E-state index is 11.9. The largest absolute Gasteiger partial charge is 0.286 e. The zero-order valence-corrected chi connectivity index (χ0v) is 11.2. The van der Waals surface area contributed by atoms with E-state index in [0.717, 1.165) is 10.6 Å². The fourth-order valence-corrected chi connectivity index (χ4v) is 1.46. The Kier molecular flexibility index (Phi) is 4.54. The molecule has 4 heteroatoms. The van der Waals surface area contributed by atoms with Crippen LogP contribution in [0.2, 0.25) is 5.02 Å². The third kappa shape index (κ3) is 3.72. The van der Waals surface area contributed by atoms with E-state index in [9.17, 15) is 10.0 Å². The quantitative estimate of drug-likeness (QED) is 0.661. The monoisotopic (exact) mass is 255 g/mol. The Bertz CT molecular complexity index is 387. The third-order valence-corrected chi connectivity index (χ3v) is 3.19. The Morgan fingerprint density at radius 2 is 1.88 bits per heavy atom. The predicted molar refractivity (Wildman–Crippen MR) is 67.9 cm³/mol. The van der Waals surface area contributed by atoms with Crippen LogP contribution in [0.3, 0.4) is 0 Å². The van der Waals surface area contributed by atoms with Crippen molar-refractivity contribution in [1.29, 1.82) is 0 Å². The third-order valence-electron chi connectivity index (χ3n) is 2.94. The molecule has 0 aromatic heterocycles. The number of carbonyl (C=O) groups is 1. The molecule has 0 aliphatic carbocycles. The van der Waals surface area contributed by atoms with Crippen molar-refractivity contribution in [3.05, 3.63) is 34.9 Å². The Morgan fingerprint density at radius 1 is 1.35 bits per heavy atom. The van der Waals surface area contributed by atoms with Gasteiger partial charge in [0.05, 0.1) is 6.54 Å². The average molecular weight is 256 g/mol. The molecule has 0 aliphatic heterocycles. The summed E-state index contributed by atoms with van der Waals surface area (Å²) in [6.07, 6.45) is 0.684. The first-order chi connectivity index (χ1) is 7.86. The Labute approximate surface area is 107 Å². The highest BCUT2D eigenvalue weighted by molar-refractivity contribution is 6.30. The average Bonchev–Trinajstić information content (AvgIpc) is 2.31. The van der Waals surface area contributed by atoms with Crippen molar-refractivity contribution >= 4 is 17.5 Å². The van der Waals surface area contributed by atoms with Crippen LogP contribution in [-0.2, 0) is 11.3 Å². The van der Waals surface area contributed by atoms with Crippen molar-refractivity contribution in [3.63, 3.8) is 0 Å². The molecule has 0 bridgehead atoms. The molecule has 0 fully saturated rings. The van der Waals surface area contributed by atoms with Gasteiger partial charge in [0.1, 0.15) is 0 Å². The van der Waals surface area contributed by atoms with Gasteiger partial charge in [0.15, 0.2) is 0 Å². The van der Waals surface area contributed by atoms with Crippen LogP contribution in [0.25, 0.3) is 0 Å². The lowest BCUT2D eigenvalue weighted by Gasteiger charge is -2.26. The van der Waals surface area contributed by atoms with E-state index in [1.807, 2.05) is 20.8 Å². The smallest absolute Gasteiger partial charge is 0.251 e. The van der Waals surface area contributed by atoms with Gasteiger partial charge in [-0.05, 0) is 24.1 Å². The molecule has 0 atom stereocenters. The molecule has 0 heterocycles. The van der Waals surface area contributed by atoms with Crippen molar-refractivity contribution in [3.8, 4) is 0 Å². The normalized spacial score (nSPS) is 11.4. The summed E-state index contributed by atoms with van der Waals surface area (Å²) in [6, 6.07) is 7.05. The van der Waals surface area contributed by atoms with Crippen LogP contribution in [0, 0.1) is 5.41 Å². The van der Waals surface area contributed by atoms with E-state index in [1.165, 1.54) is 0 Å². The van der Waals surface area contributed by atoms with Gasteiger partial charge in [0, 0.05) is 10.4 Å². The van der Waals surface area contributed by atoms with Crippen molar-refractivity contribution in [1.82, 2.24) is 5.06 Å². The summed E-state index contributed by atoms with van der Waals surface area (Å²) in [6.45, 7) is 5.74. The minimum absolute atomic E-state index is 0.180. The van der Waals surface area contributed by atoms with Crippen LogP contribution in [0.15, 0.2) is 24.3 Å². The highest BCUT2D eigenvalue weighted by Crippen LogP contribution is 2.23. The lowest BCUT2D eigenvalue weighted by atomic mass is 9.89. The van der Waals surface area contributed by atoms with Crippen molar-refractivity contribution in [2.75, 3.05) is 0 Å². The number of carbonyl (C=O) groups excluding carboxylic acids is 1. The molecule has 1 N–H and O–H groups in total. The van der Waals surface area contributed by atoms with Crippen LogP contribution < -0.4 is 0 Å². The second-order valence-electron chi connectivity index (χ2n) is 4.73. The summed E-state index contributed by atoms with van der Waals surface area (Å²) in [5, 5.41) is 11.2. The molecule has 0 aliphatic rings. The molecule has 0 spiro atoms. The van der Waals surface area contributed by atoms with Crippen LogP contribution in [-0.4, -0.2) is 16.2 Å². The molecular formula is C13H18ClNO2. The van der Waals surface area contributed by atoms with Gasteiger partial charge in [-0.3, -0.25) is 10.0 Å². The number of rotatable bonds is 4. The van der Waals surface area contributed by atoms with Gasteiger partial charge in [0.25, 0.3) is 5.91 Å². The molecule has 17 heavy (non-hydrogen) atoms. The van der Waals surface area contributed by atoms with E-state index in [-0.39, 0.29) is 12.5 Å². The molecule has 0 unspecified atom stereocenters. The molecule has 1 aromatic rings. The van der Waals surface area contributed by atoms with Crippen LogP contribution in [0.5, 0.6) is 0 Å². The summed E-state index contributed by atoms with van der Waals surface area (Å²) in [5.41, 5.74) is 0.304. The Balaban J connectivity index is 2.69. The topological polar surface area (TPSA) is 40.5 Å². The molecular weight excluding hydrogens is 238 g/mol. The van der Waals surface area contributed by atoms with Crippen molar-refractivity contribution in [2.24, 2.45) is 5.41 Å². The second kappa shape index (κ2) is 5.52. The zero-order valence-electron chi connectivity index (χ0n) is 10.4. The summed E-state index contributed by atoms with van der Waals surface area (Å²) in [7, 11) is 0. The number of hydrogen-bond donors (Lipinski definition) is 1. The molecule has 1 rings (SSSR count). The summed E-state index contributed by atoms with van der Waals surface area (Å²) in [5.74, 6) is -0.269. The Hall–Kier alpha value is -1.06. The minimum atomic E-state index is -0.541. The van der Waals surface area contributed by atoms with E-state index in [0.29, 0.717) is 11.4 Å². The number of halogens is 1. The zero-order chi connectivity index (χ0) is 13.1. The van der Waals surface area contributed by atoms with E-state index in [4.69, 9.17) is 11.6 Å². The number of hydroxylamine groups is 2. The highest BCUT2D eigenvalue weighted by Gasteiger charge is 2.29. The first kappa shape index (κ1) is 14.0. The van der Waals surface area contributed by atoms with E-state index < -0.39 is 5.41 Å². The lowest BCUT2D eigenvalue weighted by Crippen LogP contribution is -2.38.